The summed E-state index contributed by atoms with van der Waals surface area (Å²) in [5.41, 5.74) is 11.3. The maximum absolute atomic E-state index is 13.2. The summed E-state index contributed by atoms with van der Waals surface area (Å²) in [5, 5.41) is 12.0. The van der Waals surface area contributed by atoms with E-state index in [2.05, 4.69) is 15.3 Å². The molecule has 0 aliphatic carbocycles. The summed E-state index contributed by atoms with van der Waals surface area (Å²) in [4.78, 5) is 34.7. The number of carbonyl (C=O) groups is 2. The molecule has 332 valence electrons. The van der Waals surface area contributed by atoms with Gasteiger partial charge in [0.15, 0.2) is 0 Å². The molecule has 2 aromatic heterocycles. The van der Waals surface area contributed by atoms with Gasteiger partial charge in [-0.05, 0) is 70.8 Å². The second-order valence-electron chi connectivity index (χ2n) is 15.9. The molecule has 6 aliphatic heterocycles. The summed E-state index contributed by atoms with van der Waals surface area (Å²) in [5.74, 6) is -0.0756. The number of rotatable bonds is 6. The normalized spacial score (nSPS) is 20.1. The van der Waals surface area contributed by atoms with Gasteiger partial charge in [-0.3, -0.25) is 9.59 Å². The number of nitrogens with zero attached hydrogens (tertiary/aromatic N) is 5. The van der Waals surface area contributed by atoms with Crippen LogP contribution in [0.3, 0.4) is 0 Å². The molecule has 20 heteroatoms. The molecule has 0 saturated carbocycles. The quantitative estimate of drug-likeness (QED) is 0.200. The van der Waals surface area contributed by atoms with E-state index in [9.17, 15) is 26.4 Å². The van der Waals surface area contributed by atoms with Crippen molar-refractivity contribution in [2.24, 2.45) is 0 Å². The van der Waals surface area contributed by atoms with Crippen molar-refractivity contribution in [3.8, 4) is 11.5 Å². The highest BCUT2D eigenvalue weighted by Gasteiger charge is 2.41. The smallest absolute Gasteiger partial charge is 0.314 e. The van der Waals surface area contributed by atoms with Crippen LogP contribution >= 0.6 is 35.1 Å². The molecule has 0 radical (unpaired) electrons. The van der Waals surface area contributed by atoms with E-state index in [0.717, 1.165) is 61.5 Å². The summed E-state index contributed by atoms with van der Waals surface area (Å²) in [6.07, 6.45) is 0. The van der Waals surface area contributed by atoms with Crippen LogP contribution in [-0.4, -0.2) is 123 Å². The van der Waals surface area contributed by atoms with Crippen LogP contribution in [0.1, 0.15) is 23.0 Å². The zero-order valence-corrected chi connectivity index (χ0v) is 38.0. The van der Waals surface area contributed by atoms with Gasteiger partial charge in [0.25, 0.3) is 0 Å². The SMILES string of the molecule is Cl.O=C(C1COc2ccccc21)N1CC2=C(C1)CN(S(=O)(=O)c1ccc3ncsc3c1)C2.O=C(O)C1COc2ccccc21.O=S(=O)(c1ccc2ncsc2c1)N1CC2=C(CNC2)C1. The molecule has 6 aromatic rings. The standard InChI is InChI=1S/C22H19N3O4S2.C13H13N3O2S2.C9H8O3.ClH/c26-22(18-12-29-20-4-2-1-3-17(18)20)24-8-14-10-25(11-15(14)9-24)31(27,28)16-5-6-19-21(7-16)30-13-23-19;17-20(18,16-6-9-4-14-5-10(9)7-16)11-1-2-12-13(3-11)19-8-15-12;10-9(11)7-5-12-8-4-2-1-3-6(7)8;/h1-7,13,18H,8-12H2;1-3,8,14H,4-7H2;1-4,7H,5H2,(H,10,11);1H. The van der Waals surface area contributed by atoms with E-state index < -0.39 is 31.9 Å². The van der Waals surface area contributed by atoms with Crippen LogP contribution < -0.4 is 14.8 Å². The number of aliphatic carboxylic acids is 1. The van der Waals surface area contributed by atoms with Crippen molar-refractivity contribution in [3.05, 3.63) is 129 Å². The average molecular weight is 962 g/mol. The number of benzene rings is 4. The Morgan fingerprint density at radius 1 is 0.625 bits per heavy atom. The summed E-state index contributed by atoms with van der Waals surface area (Å²) in [6, 6.07) is 25.1. The molecule has 2 unspecified atom stereocenters. The Morgan fingerprint density at radius 3 is 1.58 bits per heavy atom. The monoisotopic (exact) mass is 960 g/mol. The van der Waals surface area contributed by atoms with Gasteiger partial charge >= 0.3 is 5.97 Å². The molecule has 0 spiro atoms. The first-order valence-electron chi connectivity index (χ1n) is 20.2. The molecule has 2 atom stereocenters. The van der Waals surface area contributed by atoms with Gasteiger partial charge in [-0.15, -0.1) is 35.1 Å². The summed E-state index contributed by atoms with van der Waals surface area (Å²) >= 11 is 2.89. The number of para-hydroxylation sites is 2. The largest absolute Gasteiger partial charge is 0.492 e. The third-order valence-corrected chi connectivity index (χ3v) is 17.3. The Balaban J connectivity index is 0.000000134. The molecule has 0 bridgehead atoms. The number of halogens is 1. The highest BCUT2D eigenvalue weighted by molar-refractivity contribution is 7.89. The topological polar surface area (TPSA) is 189 Å². The third kappa shape index (κ3) is 8.19. The van der Waals surface area contributed by atoms with E-state index in [4.69, 9.17) is 14.6 Å². The Morgan fingerprint density at radius 2 is 1.08 bits per heavy atom. The average Bonchev–Trinajstić information content (AvgIpc) is 4.13. The van der Waals surface area contributed by atoms with Gasteiger partial charge in [0.1, 0.15) is 36.5 Å². The molecule has 64 heavy (non-hydrogen) atoms. The van der Waals surface area contributed by atoms with Gasteiger partial charge in [-0.1, -0.05) is 36.4 Å². The molecule has 8 heterocycles. The first-order valence-corrected chi connectivity index (χ1v) is 24.8. The van der Waals surface area contributed by atoms with E-state index in [0.29, 0.717) is 56.5 Å². The van der Waals surface area contributed by atoms with Gasteiger partial charge in [-0.25, -0.2) is 26.8 Å². The molecule has 1 amide bonds. The van der Waals surface area contributed by atoms with E-state index in [1.165, 1.54) is 38.1 Å². The summed E-state index contributed by atoms with van der Waals surface area (Å²) < 4.78 is 67.5. The minimum absolute atomic E-state index is 0. The summed E-state index contributed by atoms with van der Waals surface area (Å²) in [7, 11) is -7.00. The van der Waals surface area contributed by atoms with Crippen molar-refractivity contribution in [1.82, 2.24) is 28.8 Å². The molecular formula is C44H41ClN6O9S4. The zero-order chi connectivity index (χ0) is 43.5. The molecule has 15 nitrogen and oxygen atoms in total. The highest BCUT2D eigenvalue weighted by atomic mass is 35.5. The molecule has 2 N–H and O–H groups in total. The van der Waals surface area contributed by atoms with E-state index in [-0.39, 0.29) is 35.7 Å². The minimum Gasteiger partial charge on any atom is -0.492 e. The van der Waals surface area contributed by atoms with Gasteiger partial charge in [-0.2, -0.15) is 8.61 Å². The fourth-order valence-electron chi connectivity index (χ4n) is 8.72. The number of aromatic nitrogens is 2. The van der Waals surface area contributed by atoms with Gasteiger partial charge in [0.2, 0.25) is 26.0 Å². The maximum atomic E-state index is 13.2. The first-order chi connectivity index (χ1) is 30.4. The van der Waals surface area contributed by atoms with Crippen LogP contribution in [0.5, 0.6) is 11.5 Å². The molecule has 6 aliphatic rings. The van der Waals surface area contributed by atoms with Crippen molar-refractivity contribution in [3.63, 3.8) is 0 Å². The maximum Gasteiger partial charge on any atom is 0.314 e. The number of carbonyl (C=O) groups excluding carboxylic acids is 1. The highest BCUT2D eigenvalue weighted by Crippen LogP contribution is 2.38. The number of fused-ring (bicyclic) bond motifs is 4. The lowest BCUT2D eigenvalue weighted by Gasteiger charge is -2.24. The van der Waals surface area contributed by atoms with Crippen molar-refractivity contribution >= 4 is 87.4 Å². The Labute approximate surface area is 383 Å². The van der Waals surface area contributed by atoms with Crippen LogP contribution in [0.4, 0.5) is 0 Å². The lowest BCUT2D eigenvalue weighted by molar-refractivity contribution is -0.139. The molecule has 4 aromatic carbocycles. The van der Waals surface area contributed by atoms with E-state index in [1.54, 1.807) is 63.9 Å². The van der Waals surface area contributed by atoms with Crippen molar-refractivity contribution < 1.29 is 41.0 Å². The predicted molar refractivity (Wildman–Crippen MR) is 244 cm³/mol. The third-order valence-electron chi connectivity index (χ3n) is 12.1. The number of hydrogen-bond donors (Lipinski definition) is 2. The van der Waals surface area contributed by atoms with Crippen LogP contribution in [0.25, 0.3) is 20.4 Å². The fourth-order valence-corrected chi connectivity index (χ4v) is 13.2. The fraction of sp³-hybridized carbons (Fsp3) is 0.273. The van der Waals surface area contributed by atoms with E-state index >= 15 is 0 Å². The van der Waals surface area contributed by atoms with Crippen LogP contribution in [0, 0.1) is 0 Å². The lowest BCUT2D eigenvalue weighted by atomic mass is 10.00. The number of ether oxygens (including phenoxy) is 2. The number of hydrogen-bond acceptors (Lipinski definition) is 13. The first kappa shape index (κ1) is 44.0. The summed E-state index contributed by atoms with van der Waals surface area (Å²) in [6.45, 7) is 4.91. The number of sulfonamides is 2. The molecular weight excluding hydrogens is 920 g/mol. The van der Waals surface area contributed by atoms with Crippen LogP contribution in [0.2, 0.25) is 0 Å². The molecule has 0 fully saturated rings. The van der Waals surface area contributed by atoms with Gasteiger partial charge in [0, 0.05) is 63.5 Å². The Hall–Kier alpha value is -5.25. The number of amides is 1. The van der Waals surface area contributed by atoms with Crippen LogP contribution in [0.15, 0.2) is 128 Å². The molecule has 0 saturated heterocycles. The van der Waals surface area contributed by atoms with Crippen LogP contribution in [-0.2, 0) is 29.6 Å². The minimum atomic E-state index is -3.60. The van der Waals surface area contributed by atoms with Crippen molar-refractivity contribution in [2.75, 3.05) is 65.6 Å². The predicted octanol–water partition coefficient (Wildman–Crippen LogP) is 5.49. The second kappa shape index (κ2) is 17.6. The lowest BCUT2D eigenvalue weighted by Crippen LogP contribution is -2.38. The van der Waals surface area contributed by atoms with Crippen molar-refractivity contribution in [1.29, 1.82) is 0 Å². The number of nitrogens with one attached hydrogen (secondary N) is 1. The number of carboxylic acid groups (broad SMARTS) is 1. The molecule has 12 rings (SSSR count). The zero-order valence-electron chi connectivity index (χ0n) is 34.0. The van der Waals surface area contributed by atoms with Crippen molar-refractivity contribution in [2.45, 2.75) is 21.6 Å². The second-order valence-corrected chi connectivity index (χ2v) is 21.5. The Kier molecular flexibility index (Phi) is 12.1. The Bertz CT molecular complexity index is 3080. The number of carboxylic acids is 1. The number of thiazole rings is 2. The van der Waals surface area contributed by atoms with Gasteiger partial charge in [0.05, 0.1) is 41.2 Å². The van der Waals surface area contributed by atoms with Gasteiger partial charge < -0.3 is 24.8 Å². The van der Waals surface area contributed by atoms with E-state index in [1.807, 2.05) is 41.3 Å².